The Hall–Kier alpha value is -1.20. The first-order valence-corrected chi connectivity index (χ1v) is 7.36. The third-order valence-electron chi connectivity index (χ3n) is 3.77. The first-order valence-electron chi connectivity index (χ1n) is 6.48. The zero-order valence-corrected chi connectivity index (χ0v) is 11.4. The standard InChI is InChI=1S/C13H18N4S/c1-9-3-2-4-10(7-14)17(9)13-12-11(5-6-18-12)15-8-16-13/h5-6,8-10H,2-4,7,14H2,1H3. The Morgan fingerprint density at radius 2 is 2.33 bits per heavy atom. The summed E-state index contributed by atoms with van der Waals surface area (Å²) in [6.45, 7) is 2.96. The second kappa shape index (κ2) is 4.82. The van der Waals surface area contributed by atoms with Crippen LogP contribution in [0.4, 0.5) is 5.82 Å². The van der Waals surface area contributed by atoms with Crippen LogP contribution in [0.15, 0.2) is 17.8 Å². The summed E-state index contributed by atoms with van der Waals surface area (Å²) in [5.41, 5.74) is 6.97. The van der Waals surface area contributed by atoms with Gasteiger partial charge in [-0.25, -0.2) is 9.97 Å². The lowest BCUT2D eigenvalue weighted by Gasteiger charge is -2.41. The number of piperidine rings is 1. The van der Waals surface area contributed by atoms with Gasteiger partial charge in [0.25, 0.3) is 0 Å². The van der Waals surface area contributed by atoms with E-state index < -0.39 is 0 Å². The quantitative estimate of drug-likeness (QED) is 0.903. The van der Waals surface area contributed by atoms with Crippen molar-refractivity contribution in [3.05, 3.63) is 17.8 Å². The average Bonchev–Trinajstić information content (AvgIpc) is 2.86. The van der Waals surface area contributed by atoms with E-state index >= 15 is 0 Å². The summed E-state index contributed by atoms with van der Waals surface area (Å²) < 4.78 is 1.18. The Balaban J connectivity index is 2.08. The van der Waals surface area contributed by atoms with Crippen LogP contribution in [0.2, 0.25) is 0 Å². The maximum atomic E-state index is 5.93. The van der Waals surface area contributed by atoms with Gasteiger partial charge in [0.1, 0.15) is 6.33 Å². The lowest BCUT2D eigenvalue weighted by molar-refractivity contribution is 0.399. The molecule has 3 rings (SSSR count). The number of thiophene rings is 1. The Morgan fingerprint density at radius 3 is 3.17 bits per heavy atom. The number of hydrogen-bond donors (Lipinski definition) is 1. The predicted octanol–water partition coefficient (Wildman–Crippen LogP) is 2.40. The number of hydrogen-bond acceptors (Lipinski definition) is 5. The largest absolute Gasteiger partial charge is 0.348 e. The highest BCUT2D eigenvalue weighted by Gasteiger charge is 2.29. The van der Waals surface area contributed by atoms with E-state index in [1.54, 1.807) is 17.7 Å². The maximum Gasteiger partial charge on any atom is 0.150 e. The molecule has 1 fully saturated rings. The van der Waals surface area contributed by atoms with Crippen molar-refractivity contribution in [2.45, 2.75) is 38.3 Å². The summed E-state index contributed by atoms with van der Waals surface area (Å²) in [6, 6.07) is 2.97. The van der Waals surface area contributed by atoms with Gasteiger partial charge in [0, 0.05) is 18.6 Å². The Morgan fingerprint density at radius 1 is 1.44 bits per heavy atom. The number of fused-ring (bicyclic) bond motifs is 1. The lowest BCUT2D eigenvalue weighted by atomic mass is 9.96. The third-order valence-corrected chi connectivity index (χ3v) is 4.67. The van der Waals surface area contributed by atoms with Gasteiger partial charge >= 0.3 is 0 Å². The zero-order valence-electron chi connectivity index (χ0n) is 10.5. The number of anilines is 1. The molecule has 4 nitrogen and oxygen atoms in total. The Labute approximate surface area is 111 Å². The van der Waals surface area contributed by atoms with Gasteiger partial charge in [-0.3, -0.25) is 0 Å². The van der Waals surface area contributed by atoms with Crippen molar-refractivity contribution in [3.63, 3.8) is 0 Å². The maximum absolute atomic E-state index is 5.93. The molecule has 3 heterocycles. The summed E-state index contributed by atoms with van der Waals surface area (Å²) in [4.78, 5) is 11.2. The van der Waals surface area contributed by atoms with Crippen LogP contribution in [0.1, 0.15) is 26.2 Å². The highest BCUT2D eigenvalue weighted by molar-refractivity contribution is 7.17. The minimum atomic E-state index is 0.411. The summed E-state index contributed by atoms with van der Waals surface area (Å²) >= 11 is 1.71. The van der Waals surface area contributed by atoms with E-state index in [0.29, 0.717) is 18.6 Å². The van der Waals surface area contributed by atoms with Gasteiger partial charge in [0.15, 0.2) is 5.82 Å². The molecule has 0 aromatic carbocycles. The first kappa shape index (κ1) is 11.9. The van der Waals surface area contributed by atoms with E-state index in [2.05, 4.69) is 33.2 Å². The van der Waals surface area contributed by atoms with Gasteiger partial charge in [-0.2, -0.15) is 0 Å². The van der Waals surface area contributed by atoms with Crippen LogP contribution in [0.3, 0.4) is 0 Å². The van der Waals surface area contributed by atoms with E-state index in [1.807, 2.05) is 0 Å². The van der Waals surface area contributed by atoms with Crippen LogP contribution < -0.4 is 10.6 Å². The second-order valence-corrected chi connectivity index (χ2v) is 5.83. The molecule has 2 unspecified atom stereocenters. The van der Waals surface area contributed by atoms with Gasteiger partial charge < -0.3 is 10.6 Å². The number of nitrogens with two attached hydrogens (primary N) is 1. The summed E-state index contributed by atoms with van der Waals surface area (Å²) in [6.07, 6.45) is 5.31. The topological polar surface area (TPSA) is 55.0 Å². The predicted molar refractivity (Wildman–Crippen MR) is 76.0 cm³/mol. The zero-order chi connectivity index (χ0) is 12.5. The smallest absolute Gasteiger partial charge is 0.150 e. The molecule has 0 aliphatic carbocycles. The normalized spacial score (nSPS) is 24.7. The van der Waals surface area contributed by atoms with Crippen molar-refractivity contribution in [3.8, 4) is 0 Å². The lowest BCUT2D eigenvalue weighted by Crippen LogP contribution is -2.49. The molecule has 96 valence electrons. The molecule has 0 bridgehead atoms. The molecule has 2 atom stereocenters. The van der Waals surface area contributed by atoms with Crippen LogP contribution in [-0.2, 0) is 0 Å². The van der Waals surface area contributed by atoms with Crippen LogP contribution in [0.25, 0.3) is 10.2 Å². The van der Waals surface area contributed by atoms with Crippen molar-refractivity contribution < 1.29 is 0 Å². The monoisotopic (exact) mass is 262 g/mol. The van der Waals surface area contributed by atoms with Crippen LogP contribution in [-0.4, -0.2) is 28.6 Å². The summed E-state index contributed by atoms with van der Waals surface area (Å²) in [5, 5.41) is 2.08. The molecule has 0 saturated carbocycles. The van der Waals surface area contributed by atoms with E-state index in [9.17, 15) is 0 Å². The average molecular weight is 262 g/mol. The molecule has 2 aromatic rings. The van der Waals surface area contributed by atoms with Gasteiger partial charge in [-0.15, -0.1) is 11.3 Å². The third kappa shape index (κ3) is 1.87. The fourth-order valence-electron chi connectivity index (χ4n) is 2.86. The molecule has 1 aliphatic rings. The molecule has 18 heavy (non-hydrogen) atoms. The minimum absolute atomic E-state index is 0.411. The molecule has 5 heteroatoms. The highest BCUT2D eigenvalue weighted by atomic mass is 32.1. The fourth-order valence-corrected chi connectivity index (χ4v) is 3.70. The molecular weight excluding hydrogens is 244 g/mol. The fraction of sp³-hybridized carbons (Fsp3) is 0.538. The summed E-state index contributed by atoms with van der Waals surface area (Å²) in [5.74, 6) is 1.07. The molecule has 0 amide bonds. The molecular formula is C13H18N4S. The molecule has 0 radical (unpaired) electrons. The van der Waals surface area contributed by atoms with Gasteiger partial charge in [0.05, 0.1) is 10.2 Å². The SMILES string of the molecule is CC1CCCC(CN)N1c1ncnc2ccsc12. The van der Waals surface area contributed by atoms with Crippen LogP contribution >= 0.6 is 11.3 Å². The van der Waals surface area contributed by atoms with Gasteiger partial charge in [-0.1, -0.05) is 0 Å². The molecule has 1 aliphatic heterocycles. The van der Waals surface area contributed by atoms with Crippen LogP contribution in [0, 0.1) is 0 Å². The Kier molecular flexibility index (Phi) is 3.18. The molecule has 0 spiro atoms. The van der Waals surface area contributed by atoms with E-state index in [1.165, 1.54) is 17.5 Å². The molecule has 2 N–H and O–H groups in total. The van der Waals surface area contributed by atoms with Crippen LogP contribution in [0.5, 0.6) is 0 Å². The van der Waals surface area contributed by atoms with E-state index in [4.69, 9.17) is 5.73 Å². The van der Waals surface area contributed by atoms with E-state index in [0.717, 1.165) is 17.8 Å². The second-order valence-electron chi connectivity index (χ2n) is 4.91. The first-order chi connectivity index (χ1) is 8.81. The number of rotatable bonds is 2. The number of aromatic nitrogens is 2. The van der Waals surface area contributed by atoms with Crippen molar-refractivity contribution in [1.29, 1.82) is 0 Å². The van der Waals surface area contributed by atoms with Crippen molar-refractivity contribution in [2.24, 2.45) is 5.73 Å². The Bertz CT molecular complexity index is 539. The van der Waals surface area contributed by atoms with Crippen molar-refractivity contribution >= 4 is 27.4 Å². The van der Waals surface area contributed by atoms with Crippen molar-refractivity contribution in [2.75, 3.05) is 11.4 Å². The minimum Gasteiger partial charge on any atom is -0.348 e. The van der Waals surface area contributed by atoms with Gasteiger partial charge in [-0.05, 0) is 37.6 Å². The highest BCUT2D eigenvalue weighted by Crippen LogP contribution is 2.34. The number of nitrogens with zero attached hydrogens (tertiary/aromatic N) is 3. The van der Waals surface area contributed by atoms with Crippen molar-refractivity contribution in [1.82, 2.24) is 9.97 Å². The summed E-state index contributed by atoms with van der Waals surface area (Å²) in [7, 11) is 0. The van der Waals surface area contributed by atoms with Gasteiger partial charge in [0.2, 0.25) is 0 Å². The molecule has 2 aromatic heterocycles. The molecule has 1 saturated heterocycles. The van der Waals surface area contributed by atoms with E-state index in [-0.39, 0.29) is 0 Å².